The van der Waals surface area contributed by atoms with E-state index in [4.69, 9.17) is 0 Å². The lowest BCUT2D eigenvalue weighted by molar-refractivity contribution is -0.143. The van der Waals surface area contributed by atoms with Crippen LogP contribution in [0.1, 0.15) is 12.5 Å². The summed E-state index contributed by atoms with van der Waals surface area (Å²) in [6.45, 7) is 1.08. The quantitative estimate of drug-likeness (QED) is 0.632. The van der Waals surface area contributed by atoms with Crippen molar-refractivity contribution in [3.8, 4) is 0 Å². The number of rotatable bonds is 6. The molecule has 0 fully saturated rings. The first-order chi connectivity index (χ1) is 11.2. The Labute approximate surface area is 135 Å². The number of halogens is 3. The number of alkyl halides is 3. The van der Waals surface area contributed by atoms with Crippen molar-refractivity contribution in [1.29, 1.82) is 0 Å². The highest BCUT2D eigenvalue weighted by Gasteiger charge is 2.29. The predicted octanol–water partition coefficient (Wildman–Crippen LogP) is 2.31. The molecule has 9 heteroatoms. The third-order valence-corrected chi connectivity index (χ3v) is 2.48. The maximum absolute atomic E-state index is 12.4. The molecule has 0 spiro atoms. The van der Waals surface area contributed by atoms with E-state index in [0.717, 1.165) is 36.4 Å². The third kappa shape index (κ3) is 6.95. The lowest BCUT2D eigenvalue weighted by Crippen LogP contribution is -2.20. The molecular formula is C15H14F3NO5. The maximum Gasteiger partial charge on any atom is 0.416 e. The van der Waals surface area contributed by atoms with Gasteiger partial charge in [-0.15, -0.1) is 0 Å². The molecule has 1 rings (SSSR count). The number of nitrogens with one attached hydrogen (secondary N) is 1. The van der Waals surface area contributed by atoms with Crippen molar-refractivity contribution in [2.24, 2.45) is 0 Å². The maximum atomic E-state index is 12.4. The van der Waals surface area contributed by atoms with Crippen LogP contribution in [0.5, 0.6) is 0 Å². The van der Waals surface area contributed by atoms with Gasteiger partial charge in [-0.25, -0.2) is 9.59 Å². The number of carbonyl (C=O) groups excluding carboxylic acids is 3. The van der Waals surface area contributed by atoms with E-state index in [0.29, 0.717) is 0 Å². The number of benzene rings is 1. The summed E-state index contributed by atoms with van der Waals surface area (Å²) >= 11 is 0. The van der Waals surface area contributed by atoms with Crippen molar-refractivity contribution < 1.29 is 37.0 Å². The molecule has 24 heavy (non-hydrogen) atoms. The average Bonchev–Trinajstić information content (AvgIpc) is 2.51. The van der Waals surface area contributed by atoms with Crippen LogP contribution in [0.4, 0.5) is 18.9 Å². The van der Waals surface area contributed by atoms with E-state index in [2.05, 4.69) is 14.8 Å². The van der Waals surface area contributed by atoms with Crippen LogP contribution in [0, 0.1) is 0 Å². The summed E-state index contributed by atoms with van der Waals surface area (Å²) in [5.41, 5.74) is -0.734. The second kappa shape index (κ2) is 8.70. The van der Waals surface area contributed by atoms with Gasteiger partial charge >= 0.3 is 18.1 Å². The first-order valence-electron chi connectivity index (χ1n) is 6.71. The fourth-order valence-corrected chi connectivity index (χ4v) is 1.45. The SMILES string of the molecule is CCOC(=O)/C=C/C(=O)OCC(=O)Nc1ccc(C(F)(F)F)cc1. The highest BCUT2D eigenvalue weighted by atomic mass is 19.4. The molecule has 0 saturated heterocycles. The number of anilines is 1. The summed E-state index contributed by atoms with van der Waals surface area (Å²) in [4.78, 5) is 33.7. The summed E-state index contributed by atoms with van der Waals surface area (Å²) in [5.74, 6) is -2.41. The Morgan fingerprint density at radius 3 is 2.08 bits per heavy atom. The van der Waals surface area contributed by atoms with Crippen LogP contribution in [-0.4, -0.2) is 31.1 Å². The highest BCUT2D eigenvalue weighted by molar-refractivity contribution is 5.95. The molecule has 0 heterocycles. The van der Waals surface area contributed by atoms with E-state index >= 15 is 0 Å². The van der Waals surface area contributed by atoms with Gasteiger partial charge in [0.1, 0.15) is 0 Å². The molecule has 0 aliphatic carbocycles. The van der Waals surface area contributed by atoms with Crippen LogP contribution in [0.2, 0.25) is 0 Å². The van der Waals surface area contributed by atoms with Gasteiger partial charge in [-0.05, 0) is 31.2 Å². The van der Waals surface area contributed by atoms with Crippen molar-refractivity contribution in [3.05, 3.63) is 42.0 Å². The lowest BCUT2D eigenvalue weighted by Gasteiger charge is -2.08. The van der Waals surface area contributed by atoms with Crippen LogP contribution in [0.15, 0.2) is 36.4 Å². The Morgan fingerprint density at radius 1 is 1.04 bits per heavy atom. The van der Waals surface area contributed by atoms with Gasteiger partial charge in [-0.1, -0.05) is 0 Å². The van der Waals surface area contributed by atoms with Gasteiger partial charge in [0.05, 0.1) is 12.2 Å². The smallest absolute Gasteiger partial charge is 0.416 e. The average molecular weight is 345 g/mol. The first kappa shape index (κ1) is 19.2. The monoisotopic (exact) mass is 345 g/mol. The van der Waals surface area contributed by atoms with Crippen molar-refractivity contribution in [2.75, 3.05) is 18.5 Å². The number of hydrogen-bond donors (Lipinski definition) is 1. The molecule has 130 valence electrons. The lowest BCUT2D eigenvalue weighted by atomic mass is 10.2. The van der Waals surface area contributed by atoms with Crippen molar-refractivity contribution in [1.82, 2.24) is 0 Å². The van der Waals surface area contributed by atoms with Gasteiger partial charge in [-0.3, -0.25) is 4.79 Å². The predicted molar refractivity (Wildman–Crippen MR) is 76.8 cm³/mol. The molecule has 0 aliphatic rings. The van der Waals surface area contributed by atoms with Crippen molar-refractivity contribution >= 4 is 23.5 Å². The Morgan fingerprint density at radius 2 is 1.58 bits per heavy atom. The van der Waals surface area contributed by atoms with E-state index < -0.39 is 36.2 Å². The third-order valence-electron chi connectivity index (χ3n) is 2.48. The summed E-state index contributed by atoms with van der Waals surface area (Å²) in [6.07, 6.45) is -2.83. The zero-order valence-corrected chi connectivity index (χ0v) is 12.6. The molecule has 0 radical (unpaired) electrons. The number of ether oxygens (including phenoxy) is 2. The van der Waals surface area contributed by atoms with Crippen molar-refractivity contribution in [2.45, 2.75) is 13.1 Å². The molecular weight excluding hydrogens is 331 g/mol. The van der Waals surface area contributed by atoms with Crippen LogP contribution in [0.25, 0.3) is 0 Å². The van der Waals surface area contributed by atoms with Gasteiger partial charge in [0.15, 0.2) is 6.61 Å². The summed E-state index contributed by atoms with van der Waals surface area (Å²) in [6, 6.07) is 3.76. The fraction of sp³-hybridized carbons (Fsp3) is 0.267. The summed E-state index contributed by atoms with van der Waals surface area (Å²) in [5, 5.41) is 2.26. The second-order valence-electron chi connectivity index (χ2n) is 4.32. The molecule has 1 amide bonds. The van der Waals surface area contributed by atoms with Crippen LogP contribution in [-0.2, 0) is 30.0 Å². The second-order valence-corrected chi connectivity index (χ2v) is 4.32. The van der Waals surface area contributed by atoms with Crippen LogP contribution in [0.3, 0.4) is 0 Å². The van der Waals surface area contributed by atoms with Gasteiger partial charge in [0.25, 0.3) is 5.91 Å². The molecule has 1 N–H and O–H groups in total. The topological polar surface area (TPSA) is 81.7 Å². The Bertz CT molecular complexity index is 623. The molecule has 6 nitrogen and oxygen atoms in total. The van der Waals surface area contributed by atoms with Gasteiger partial charge in [0.2, 0.25) is 0 Å². The first-order valence-corrected chi connectivity index (χ1v) is 6.71. The summed E-state index contributed by atoms with van der Waals surface area (Å²) in [7, 11) is 0. The number of hydrogen-bond acceptors (Lipinski definition) is 5. The van der Waals surface area contributed by atoms with Crippen molar-refractivity contribution in [3.63, 3.8) is 0 Å². The van der Waals surface area contributed by atoms with E-state index in [-0.39, 0.29) is 12.3 Å². The minimum Gasteiger partial charge on any atom is -0.463 e. The highest BCUT2D eigenvalue weighted by Crippen LogP contribution is 2.29. The molecule has 1 aromatic rings. The molecule has 0 aromatic heterocycles. The molecule has 0 unspecified atom stereocenters. The minimum absolute atomic E-state index is 0.117. The standard InChI is InChI=1S/C15H14F3NO5/c1-2-23-13(21)7-8-14(22)24-9-12(20)19-11-5-3-10(4-6-11)15(16,17)18/h3-8H,2,9H2,1H3,(H,19,20)/b8-7+. The molecule has 0 saturated carbocycles. The van der Waals surface area contributed by atoms with E-state index in [1.165, 1.54) is 0 Å². The van der Waals surface area contributed by atoms with Gasteiger partial charge in [-0.2, -0.15) is 13.2 Å². The Hall–Kier alpha value is -2.84. The van der Waals surface area contributed by atoms with Gasteiger partial charge < -0.3 is 14.8 Å². The van der Waals surface area contributed by atoms with Crippen LogP contribution < -0.4 is 5.32 Å². The van der Waals surface area contributed by atoms with E-state index in [1.807, 2.05) is 0 Å². The Kier molecular flexibility index (Phi) is 6.97. The minimum atomic E-state index is -4.47. The molecule has 0 aliphatic heterocycles. The van der Waals surface area contributed by atoms with E-state index in [1.54, 1.807) is 6.92 Å². The summed E-state index contributed by atoms with van der Waals surface area (Å²) < 4.78 is 46.3. The normalized spacial score (nSPS) is 11.2. The zero-order chi connectivity index (χ0) is 18.2. The fourth-order valence-electron chi connectivity index (χ4n) is 1.45. The largest absolute Gasteiger partial charge is 0.463 e. The molecule has 0 bridgehead atoms. The molecule has 1 aromatic carbocycles. The van der Waals surface area contributed by atoms with Gasteiger partial charge in [0, 0.05) is 17.8 Å². The molecule has 0 atom stereocenters. The number of esters is 2. The number of carbonyl (C=O) groups is 3. The number of amides is 1. The zero-order valence-electron chi connectivity index (χ0n) is 12.6. The van der Waals surface area contributed by atoms with E-state index in [9.17, 15) is 27.6 Å². The Balaban J connectivity index is 2.44. The van der Waals surface area contributed by atoms with Crippen LogP contribution >= 0.6 is 0 Å².